The van der Waals surface area contributed by atoms with Gasteiger partial charge in [0.05, 0.1) is 11.2 Å². The first-order valence-corrected chi connectivity index (χ1v) is 19.4. The van der Waals surface area contributed by atoms with Gasteiger partial charge in [-0.15, -0.1) is 0 Å². The Kier molecular flexibility index (Phi) is 21.8. The average Bonchev–Trinajstić information content (AvgIpc) is 3.06. The second-order valence-corrected chi connectivity index (χ2v) is 15.8. The number of carbonyl (C=O) groups excluding carboxylic acids is 4. The smallest absolute Gasteiger partial charge is 0.326 e. The highest BCUT2D eigenvalue weighted by molar-refractivity contribution is 7.85. The number of hydrogen-bond acceptors (Lipinski definition) is 10. The van der Waals surface area contributed by atoms with E-state index >= 15 is 0 Å². The standard InChI is InChI=1S/C23H35N5O5.C13H25NO6S/c1-3-14-26-17-10-8-16(9-11-17)22(31)27-15-6-5-7-18(21(24)30)28-20(29)13-12-19(23(32)33)25-4-2;1-9(6-7-21(18,19)20)14-10(15)12(2,3)8-13(4,5)11(16)17/h4,8-11,18-19,25-26H,2-3,5-7,12-15H2,1H3,(H2,24,30)(H,27,31)(H,28,29)(H,32,33);9H,6-8H2,1-5H3,(H,14,15)(H,16,17)(H,18,19,20)/t18-,19?;/m0./s1. The summed E-state index contributed by atoms with van der Waals surface area (Å²) in [6, 6.07) is 5.00. The van der Waals surface area contributed by atoms with Crippen LogP contribution in [0.3, 0.4) is 0 Å². The molecule has 0 heterocycles. The van der Waals surface area contributed by atoms with Gasteiger partial charge in [-0.25, -0.2) is 4.79 Å². The summed E-state index contributed by atoms with van der Waals surface area (Å²) in [7, 11) is -4.06. The number of hydrogen-bond donors (Lipinski definition) is 9. The first-order valence-electron chi connectivity index (χ1n) is 17.8. The number of carbonyl (C=O) groups is 6. The molecule has 17 nitrogen and oxygen atoms in total. The Morgan fingerprint density at radius 3 is 2.00 bits per heavy atom. The van der Waals surface area contributed by atoms with Crippen molar-refractivity contribution < 1.29 is 52.0 Å². The zero-order valence-electron chi connectivity index (χ0n) is 32.2. The van der Waals surface area contributed by atoms with Crippen LogP contribution in [0, 0.1) is 10.8 Å². The second-order valence-electron chi connectivity index (χ2n) is 14.3. The monoisotopic (exact) mass is 784 g/mol. The number of carboxylic acid groups (broad SMARTS) is 2. The van der Waals surface area contributed by atoms with Gasteiger partial charge >= 0.3 is 11.9 Å². The molecule has 0 aromatic heterocycles. The lowest BCUT2D eigenvalue weighted by atomic mass is 9.74. The lowest BCUT2D eigenvalue weighted by molar-refractivity contribution is -0.150. The van der Waals surface area contributed by atoms with Crippen LogP contribution in [0.4, 0.5) is 5.69 Å². The number of benzene rings is 1. The van der Waals surface area contributed by atoms with Crippen molar-refractivity contribution in [2.75, 3.05) is 24.2 Å². The molecule has 1 rings (SSSR count). The van der Waals surface area contributed by atoms with Gasteiger partial charge in [0.2, 0.25) is 17.7 Å². The molecule has 18 heteroatoms. The van der Waals surface area contributed by atoms with Crippen LogP contribution in [-0.4, -0.2) is 95.7 Å². The first-order chi connectivity index (χ1) is 24.9. The SMILES string of the molecule is C=CNC(CCC(=O)N[C@@H](CCCCNC(=O)c1ccc(NCCC)cc1)C(N)=O)C(=O)O.CC(CCS(=O)(=O)O)NC(=O)C(C)(C)CC(C)(C)C(=O)O. The van der Waals surface area contributed by atoms with E-state index in [4.69, 9.17) is 20.5 Å². The predicted molar refractivity (Wildman–Crippen MR) is 205 cm³/mol. The number of nitrogens with one attached hydrogen (secondary N) is 5. The third-order valence-electron chi connectivity index (χ3n) is 8.15. The summed E-state index contributed by atoms with van der Waals surface area (Å²) in [6.07, 6.45) is 3.94. The molecule has 0 aliphatic heterocycles. The number of rotatable bonds is 25. The summed E-state index contributed by atoms with van der Waals surface area (Å²) < 4.78 is 30.0. The van der Waals surface area contributed by atoms with E-state index in [-0.39, 0.29) is 37.5 Å². The normalized spacial score (nSPS) is 13.1. The van der Waals surface area contributed by atoms with Gasteiger partial charge < -0.3 is 42.5 Å². The van der Waals surface area contributed by atoms with E-state index in [9.17, 15) is 37.2 Å². The molecule has 0 saturated carbocycles. The van der Waals surface area contributed by atoms with E-state index in [1.54, 1.807) is 46.8 Å². The van der Waals surface area contributed by atoms with Crippen LogP contribution >= 0.6 is 0 Å². The van der Waals surface area contributed by atoms with E-state index in [0.717, 1.165) is 18.7 Å². The fourth-order valence-corrected chi connectivity index (χ4v) is 5.76. The third-order valence-corrected chi connectivity index (χ3v) is 8.90. The van der Waals surface area contributed by atoms with Gasteiger partial charge in [-0.3, -0.25) is 28.5 Å². The zero-order valence-corrected chi connectivity index (χ0v) is 33.0. The largest absolute Gasteiger partial charge is 0.481 e. The molecule has 0 aliphatic carbocycles. The summed E-state index contributed by atoms with van der Waals surface area (Å²) in [5, 5.41) is 32.0. The number of primary amides is 1. The van der Waals surface area contributed by atoms with Crippen LogP contribution < -0.4 is 32.3 Å². The van der Waals surface area contributed by atoms with Gasteiger partial charge in [-0.05, 0) is 96.2 Å². The molecular weight excluding hydrogens is 724 g/mol. The second kappa shape index (κ2) is 23.9. The Balaban J connectivity index is 0.00000115. The van der Waals surface area contributed by atoms with Crippen LogP contribution in [0.1, 0.15) is 103 Å². The molecule has 54 heavy (non-hydrogen) atoms. The van der Waals surface area contributed by atoms with Gasteiger partial charge in [-0.1, -0.05) is 27.4 Å². The summed E-state index contributed by atoms with van der Waals surface area (Å²) in [4.78, 5) is 70.3. The minimum atomic E-state index is -4.06. The molecule has 3 atom stereocenters. The number of nitrogens with two attached hydrogens (primary N) is 1. The van der Waals surface area contributed by atoms with Crippen LogP contribution in [0.15, 0.2) is 37.0 Å². The fraction of sp³-hybridized carbons (Fsp3) is 0.611. The minimum Gasteiger partial charge on any atom is -0.481 e. The van der Waals surface area contributed by atoms with Gasteiger partial charge in [0, 0.05) is 42.2 Å². The van der Waals surface area contributed by atoms with Crippen molar-refractivity contribution >= 4 is 51.4 Å². The molecule has 306 valence electrons. The topological polar surface area (TPSA) is 283 Å². The number of amides is 4. The summed E-state index contributed by atoms with van der Waals surface area (Å²) >= 11 is 0. The van der Waals surface area contributed by atoms with Crippen molar-refractivity contribution in [3.8, 4) is 0 Å². The zero-order chi connectivity index (χ0) is 41.7. The van der Waals surface area contributed by atoms with Crippen molar-refractivity contribution in [1.29, 1.82) is 0 Å². The predicted octanol–water partition coefficient (Wildman–Crippen LogP) is 2.64. The Labute approximate surface area is 318 Å². The lowest BCUT2D eigenvalue weighted by Crippen LogP contribution is -2.45. The molecule has 10 N–H and O–H groups in total. The van der Waals surface area contributed by atoms with Gasteiger partial charge in [-0.2, -0.15) is 8.42 Å². The molecule has 1 aromatic rings. The molecule has 0 spiro atoms. The molecule has 1 aromatic carbocycles. The van der Waals surface area contributed by atoms with Crippen LogP contribution in [-0.2, 0) is 34.1 Å². The van der Waals surface area contributed by atoms with Gasteiger partial charge in [0.15, 0.2) is 0 Å². The third kappa shape index (κ3) is 21.1. The highest BCUT2D eigenvalue weighted by Crippen LogP contribution is 2.34. The average molecular weight is 785 g/mol. The lowest BCUT2D eigenvalue weighted by Gasteiger charge is -2.32. The van der Waals surface area contributed by atoms with E-state index in [1.165, 1.54) is 6.20 Å². The Morgan fingerprint density at radius 1 is 0.889 bits per heavy atom. The van der Waals surface area contributed by atoms with E-state index in [2.05, 4.69) is 40.1 Å². The summed E-state index contributed by atoms with van der Waals surface area (Å²) in [5.41, 5.74) is 4.94. The number of aliphatic carboxylic acids is 2. The van der Waals surface area contributed by atoms with Crippen molar-refractivity contribution in [1.82, 2.24) is 21.3 Å². The number of anilines is 1. The molecule has 0 saturated heterocycles. The van der Waals surface area contributed by atoms with E-state index in [0.29, 0.717) is 31.4 Å². The summed E-state index contributed by atoms with van der Waals surface area (Å²) in [6.45, 7) is 14.8. The van der Waals surface area contributed by atoms with E-state index in [1.807, 2.05) is 12.1 Å². The fourth-order valence-electron chi connectivity index (χ4n) is 5.11. The maximum atomic E-state index is 12.2. The van der Waals surface area contributed by atoms with Crippen molar-refractivity contribution in [3.63, 3.8) is 0 Å². The first kappa shape index (κ1) is 49.3. The maximum absolute atomic E-state index is 12.2. The van der Waals surface area contributed by atoms with Crippen LogP contribution in [0.5, 0.6) is 0 Å². The van der Waals surface area contributed by atoms with Gasteiger partial charge in [0.25, 0.3) is 16.0 Å². The molecule has 4 amide bonds. The van der Waals surface area contributed by atoms with E-state index < -0.39 is 68.6 Å². The minimum absolute atomic E-state index is 0.0420. The number of carboxylic acids is 2. The summed E-state index contributed by atoms with van der Waals surface area (Å²) in [5.74, 6) is -4.17. The van der Waals surface area contributed by atoms with Crippen LogP contribution in [0.2, 0.25) is 0 Å². The molecule has 2 unspecified atom stereocenters. The molecule has 0 bridgehead atoms. The van der Waals surface area contributed by atoms with Gasteiger partial charge in [0.1, 0.15) is 12.1 Å². The molecular formula is C36H60N6O11S. The Bertz CT molecular complexity index is 1510. The van der Waals surface area contributed by atoms with Crippen molar-refractivity contribution in [2.45, 2.75) is 111 Å². The molecule has 0 radical (unpaired) electrons. The Morgan fingerprint density at radius 2 is 1.50 bits per heavy atom. The van der Waals surface area contributed by atoms with Crippen LogP contribution in [0.25, 0.3) is 0 Å². The Hall–Kier alpha value is -4.71. The van der Waals surface area contributed by atoms with Crippen molar-refractivity contribution in [2.24, 2.45) is 16.6 Å². The van der Waals surface area contributed by atoms with Crippen molar-refractivity contribution in [3.05, 3.63) is 42.6 Å². The highest BCUT2D eigenvalue weighted by Gasteiger charge is 2.39. The maximum Gasteiger partial charge on any atom is 0.326 e. The highest BCUT2D eigenvalue weighted by atomic mass is 32.2. The number of unbranched alkanes of at least 4 members (excludes halogenated alkanes) is 1. The molecule has 0 aliphatic rings. The quantitative estimate of drug-likeness (QED) is 0.0510. The molecule has 0 fully saturated rings.